The average molecular weight is 310 g/mol. The largest absolute Gasteiger partial charge is 1.00 e. The number of aryl methyl sites for hydroxylation is 2. The number of rotatable bonds is 1. The van der Waals surface area contributed by atoms with Crippen molar-refractivity contribution in [3.63, 3.8) is 0 Å². The summed E-state index contributed by atoms with van der Waals surface area (Å²) in [6.07, 6.45) is 0. The van der Waals surface area contributed by atoms with Gasteiger partial charge in [0.1, 0.15) is 0 Å². The molecule has 0 spiro atoms. The summed E-state index contributed by atoms with van der Waals surface area (Å²) in [6.45, 7) is 6.28. The third-order valence-corrected chi connectivity index (χ3v) is 3.94. The van der Waals surface area contributed by atoms with Crippen LogP contribution in [0.15, 0.2) is 28.6 Å². The van der Waals surface area contributed by atoms with E-state index in [0.717, 1.165) is 18.3 Å². The lowest BCUT2D eigenvalue weighted by Crippen LogP contribution is -3.00. The van der Waals surface area contributed by atoms with Gasteiger partial charge in [-0.05, 0) is 25.5 Å². The van der Waals surface area contributed by atoms with Crippen LogP contribution in [0.2, 0.25) is 0 Å². The van der Waals surface area contributed by atoms with E-state index in [9.17, 15) is 0 Å². The molecule has 2 aliphatic rings. The number of fused-ring (bicyclic) bond motifs is 1. The second kappa shape index (κ2) is 4.86. The van der Waals surface area contributed by atoms with E-state index in [2.05, 4.69) is 47.3 Å². The maximum absolute atomic E-state index is 4.48. The van der Waals surface area contributed by atoms with Gasteiger partial charge in [0, 0.05) is 17.5 Å². The van der Waals surface area contributed by atoms with Gasteiger partial charge in [-0.15, -0.1) is 0 Å². The van der Waals surface area contributed by atoms with Gasteiger partial charge in [-0.3, -0.25) is 4.99 Å². The van der Waals surface area contributed by atoms with Crippen LogP contribution in [0.3, 0.4) is 0 Å². The highest BCUT2D eigenvalue weighted by Gasteiger charge is 2.27. The second-order valence-electron chi connectivity index (χ2n) is 4.26. The topological polar surface area (TPSA) is 15.6 Å². The minimum absolute atomic E-state index is 0. The Balaban J connectivity index is 0.00000108. The maximum Gasteiger partial charge on any atom is 0.168 e. The first-order valence-electron chi connectivity index (χ1n) is 5.52. The molecule has 0 bridgehead atoms. The molecular formula is C13H14BrN2S-. The quantitative estimate of drug-likeness (QED) is 0.727. The maximum atomic E-state index is 4.48. The molecule has 3 rings (SSSR count). The van der Waals surface area contributed by atoms with Crippen LogP contribution < -0.4 is 17.0 Å². The fraction of sp³-hybridized carbons (Fsp3) is 0.308. The lowest BCUT2D eigenvalue weighted by molar-refractivity contribution is -0.00000328. The van der Waals surface area contributed by atoms with Gasteiger partial charge in [-0.1, -0.05) is 29.5 Å². The zero-order valence-electron chi connectivity index (χ0n) is 9.90. The van der Waals surface area contributed by atoms with Crippen molar-refractivity contribution in [1.29, 1.82) is 0 Å². The molecule has 0 N–H and O–H groups in total. The highest BCUT2D eigenvalue weighted by molar-refractivity contribution is 8.16. The Kier molecular flexibility index (Phi) is 3.64. The minimum Gasteiger partial charge on any atom is -1.00 e. The summed E-state index contributed by atoms with van der Waals surface area (Å²) in [4.78, 5) is 6.80. The van der Waals surface area contributed by atoms with E-state index < -0.39 is 0 Å². The number of hydrogen-bond acceptors (Lipinski definition) is 3. The Morgan fingerprint density at radius 2 is 2.12 bits per heavy atom. The van der Waals surface area contributed by atoms with Crippen molar-refractivity contribution in [2.24, 2.45) is 4.99 Å². The first-order valence-corrected chi connectivity index (χ1v) is 6.40. The van der Waals surface area contributed by atoms with Crippen LogP contribution in [0, 0.1) is 13.8 Å². The Bertz CT molecular complexity index is 508. The van der Waals surface area contributed by atoms with Crippen molar-refractivity contribution in [3.8, 4) is 0 Å². The Morgan fingerprint density at radius 3 is 2.94 bits per heavy atom. The number of thioether (sulfide) groups is 1. The summed E-state index contributed by atoms with van der Waals surface area (Å²) in [6, 6.07) is 6.63. The Hall–Kier alpha value is -0.740. The molecular weight excluding hydrogens is 296 g/mol. The molecule has 0 unspecified atom stereocenters. The van der Waals surface area contributed by atoms with Crippen LogP contribution >= 0.6 is 11.8 Å². The van der Waals surface area contributed by atoms with Crippen LogP contribution in [0.25, 0.3) is 5.70 Å². The molecule has 2 aliphatic heterocycles. The van der Waals surface area contributed by atoms with Crippen molar-refractivity contribution >= 4 is 22.6 Å². The van der Waals surface area contributed by atoms with Gasteiger partial charge < -0.3 is 21.9 Å². The van der Waals surface area contributed by atoms with E-state index in [1.54, 1.807) is 11.8 Å². The SMILES string of the molecule is Cc1ccc(C)c(C2=CSC3=NCCN23)c1.[Br-]. The fourth-order valence-corrected chi connectivity index (χ4v) is 3.10. The van der Waals surface area contributed by atoms with E-state index in [1.165, 1.54) is 22.4 Å². The molecule has 2 heterocycles. The third-order valence-electron chi connectivity index (χ3n) is 3.04. The molecule has 17 heavy (non-hydrogen) atoms. The van der Waals surface area contributed by atoms with Gasteiger partial charge in [0.15, 0.2) is 5.17 Å². The summed E-state index contributed by atoms with van der Waals surface area (Å²) < 4.78 is 0. The molecule has 0 radical (unpaired) electrons. The third kappa shape index (κ3) is 2.16. The number of benzene rings is 1. The number of amidine groups is 1. The van der Waals surface area contributed by atoms with E-state index in [0.29, 0.717) is 0 Å². The minimum atomic E-state index is 0. The first-order chi connectivity index (χ1) is 7.75. The highest BCUT2D eigenvalue weighted by Crippen LogP contribution is 2.36. The smallest absolute Gasteiger partial charge is 0.168 e. The predicted molar refractivity (Wildman–Crippen MR) is 70.5 cm³/mol. The zero-order chi connectivity index (χ0) is 11.1. The van der Waals surface area contributed by atoms with E-state index in [4.69, 9.17) is 0 Å². The molecule has 0 amide bonds. The van der Waals surface area contributed by atoms with E-state index >= 15 is 0 Å². The monoisotopic (exact) mass is 309 g/mol. The standard InChI is InChI=1S/C13H14N2S.BrH/c1-9-3-4-10(2)11(7-9)12-8-16-13-14-5-6-15(12)13;/h3-4,7-8H,5-6H2,1-2H3;1H/p-1. The lowest BCUT2D eigenvalue weighted by Gasteiger charge is -2.18. The summed E-state index contributed by atoms with van der Waals surface area (Å²) in [5.41, 5.74) is 5.32. The average Bonchev–Trinajstić information content (AvgIpc) is 2.83. The molecule has 0 fully saturated rings. The van der Waals surface area contributed by atoms with Crippen molar-refractivity contribution in [1.82, 2.24) is 4.90 Å². The van der Waals surface area contributed by atoms with E-state index in [1.807, 2.05) is 0 Å². The van der Waals surface area contributed by atoms with Gasteiger partial charge in [-0.2, -0.15) is 0 Å². The van der Waals surface area contributed by atoms with Crippen LogP contribution in [-0.4, -0.2) is 23.2 Å². The summed E-state index contributed by atoms with van der Waals surface area (Å²) in [5, 5.41) is 3.38. The molecule has 1 aromatic rings. The van der Waals surface area contributed by atoms with Gasteiger partial charge in [0.2, 0.25) is 0 Å². The number of hydrogen-bond donors (Lipinski definition) is 0. The molecule has 90 valence electrons. The molecule has 4 heteroatoms. The molecule has 0 aromatic heterocycles. The molecule has 0 aliphatic carbocycles. The summed E-state index contributed by atoms with van der Waals surface area (Å²) in [5.74, 6) is 0. The second-order valence-corrected chi connectivity index (χ2v) is 5.09. The van der Waals surface area contributed by atoms with Crippen molar-refractivity contribution in [2.45, 2.75) is 13.8 Å². The summed E-state index contributed by atoms with van der Waals surface area (Å²) in [7, 11) is 0. The van der Waals surface area contributed by atoms with Gasteiger partial charge >= 0.3 is 0 Å². The van der Waals surface area contributed by atoms with Crippen LogP contribution in [0.5, 0.6) is 0 Å². The normalized spacial score (nSPS) is 17.4. The Morgan fingerprint density at radius 1 is 1.29 bits per heavy atom. The van der Waals surface area contributed by atoms with Crippen molar-refractivity contribution < 1.29 is 17.0 Å². The fourth-order valence-electron chi connectivity index (χ4n) is 2.14. The first kappa shape index (κ1) is 12.7. The Labute approximate surface area is 117 Å². The molecule has 1 aromatic carbocycles. The van der Waals surface area contributed by atoms with Crippen molar-refractivity contribution in [3.05, 3.63) is 40.3 Å². The number of aliphatic imine (C=N–C) groups is 1. The number of halogens is 1. The predicted octanol–water partition coefficient (Wildman–Crippen LogP) is 0.0242. The van der Waals surface area contributed by atoms with Gasteiger partial charge in [-0.25, -0.2) is 0 Å². The number of nitrogens with zero attached hydrogens (tertiary/aromatic N) is 2. The van der Waals surface area contributed by atoms with E-state index in [-0.39, 0.29) is 17.0 Å². The van der Waals surface area contributed by atoms with Crippen molar-refractivity contribution in [2.75, 3.05) is 13.1 Å². The summed E-state index contributed by atoms with van der Waals surface area (Å²) >= 11 is 1.74. The van der Waals surface area contributed by atoms with Crippen LogP contribution in [0.1, 0.15) is 16.7 Å². The molecule has 0 saturated heterocycles. The van der Waals surface area contributed by atoms with Gasteiger partial charge in [0.05, 0.1) is 12.2 Å². The molecule has 2 nitrogen and oxygen atoms in total. The zero-order valence-corrected chi connectivity index (χ0v) is 12.3. The highest BCUT2D eigenvalue weighted by atomic mass is 79.9. The lowest BCUT2D eigenvalue weighted by atomic mass is 10.0. The molecule has 0 saturated carbocycles. The molecule has 0 atom stereocenters. The van der Waals surface area contributed by atoms with Gasteiger partial charge in [0.25, 0.3) is 0 Å². The van der Waals surface area contributed by atoms with Crippen LogP contribution in [-0.2, 0) is 0 Å². The van der Waals surface area contributed by atoms with Crippen LogP contribution in [0.4, 0.5) is 0 Å².